The Bertz CT molecular complexity index is 1780. The Morgan fingerprint density at radius 3 is 2.64 bits per heavy atom. The zero-order valence-electron chi connectivity index (χ0n) is 26.6. The highest BCUT2D eigenvalue weighted by atomic mass is 127. The smallest absolute Gasteiger partial charge is 0.419 e. The molecule has 1 amide bonds. The Balaban J connectivity index is 0.00000433. The van der Waals surface area contributed by atoms with E-state index < -0.39 is 23.2 Å². The number of alkyl halides is 3. The Hall–Kier alpha value is -3.96. The summed E-state index contributed by atoms with van der Waals surface area (Å²) in [5.74, 6) is 0.251. The Morgan fingerprint density at radius 1 is 1.15 bits per heavy atom. The van der Waals surface area contributed by atoms with Gasteiger partial charge in [-0.2, -0.15) is 18.3 Å². The van der Waals surface area contributed by atoms with E-state index in [2.05, 4.69) is 30.0 Å². The van der Waals surface area contributed by atoms with Crippen molar-refractivity contribution in [2.75, 3.05) is 56.2 Å². The number of fused-ring (bicyclic) bond motifs is 1. The van der Waals surface area contributed by atoms with Crippen LogP contribution in [0.3, 0.4) is 0 Å². The van der Waals surface area contributed by atoms with Crippen molar-refractivity contribution in [2.45, 2.75) is 45.3 Å². The second-order valence-corrected chi connectivity index (χ2v) is 12.2. The summed E-state index contributed by atoms with van der Waals surface area (Å²) >= 11 is 0. The zero-order valence-corrected chi connectivity index (χ0v) is 28.9. The number of methoxy groups -OCH3 is 1. The topological polar surface area (TPSA) is 114 Å². The van der Waals surface area contributed by atoms with Crippen molar-refractivity contribution in [1.82, 2.24) is 34.3 Å². The largest absolute Gasteiger partial charge is 0.464 e. The van der Waals surface area contributed by atoms with Gasteiger partial charge >= 0.3 is 12.1 Å². The number of esters is 1. The molecule has 2 saturated heterocycles. The van der Waals surface area contributed by atoms with E-state index in [1.807, 2.05) is 39.1 Å². The quantitative estimate of drug-likeness (QED) is 0.187. The van der Waals surface area contributed by atoms with Crippen LogP contribution in [0.5, 0.6) is 0 Å². The second-order valence-electron chi connectivity index (χ2n) is 12.2. The number of pyridine rings is 2. The number of amides is 1. The molecule has 2 aliphatic rings. The summed E-state index contributed by atoms with van der Waals surface area (Å²) in [6, 6.07) is 7.22. The standard InChI is InChI=1S/C31H36F3N9O3.HI/c1-5-39(15-21-9-11-40(16-21)25-8-6-7-24(36-25)29(45)46-4)28(44)26-37-27-20(2)13-23(18-42(27)38-26)41-12-10-30(3,19-41)43-17-22(14-35-43)31(32,33)34;/h6-8,13-14,17-18,21H,5,9-12,15-16,19H2,1-4H3;1H. The van der Waals surface area contributed by atoms with E-state index in [1.165, 1.54) is 11.8 Å². The first-order valence-corrected chi connectivity index (χ1v) is 15.2. The van der Waals surface area contributed by atoms with Crippen LogP contribution in [0.25, 0.3) is 5.65 Å². The number of aryl methyl sites for hydroxylation is 1. The van der Waals surface area contributed by atoms with Gasteiger partial charge in [0.1, 0.15) is 5.82 Å². The van der Waals surface area contributed by atoms with Crippen molar-refractivity contribution < 1.29 is 27.5 Å². The van der Waals surface area contributed by atoms with Crippen LogP contribution in [0.1, 0.15) is 58.9 Å². The first kappa shape index (κ1) is 34.4. The number of anilines is 2. The van der Waals surface area contributed by atoms with Gasteiger partial charge in [0.25, 0.3) is 5.91 Å². The first-order valence-electron chi connectivity index (χ1n) is 15.2. The van der Waals surface area contributed by atoms with Crippen LogP contribution in [-0.2, 0) is 16.5 Å². The lowest BCUT2D eigenvalue weighted by Gasteiger charge is -2.26. The Morgan fingerprint density at radius 2 is 1.94 bits per heavy atom. The number of ether oxygens (including phenoxy) is 1. The van der Waals surface area contributed by atoms with E-state index in [4.69, 9.17) is 4.74 Å². The molecule has 0 N–H and O–H groups in total. The number of nitrogens with zero attached hydrogens (tertiary/aromatic N) is 9. The fourth-order valence-electron chi connectivity index (χ4n) is 6.33. The van der Waals surface area contributed by atoms with Crippen molar-refractivity contribution in [3.8, 4) is 0 Å². The first-order chi connectivity index (χ1) is 21.9. The molecule has 0 spiro atoms. The molecular formula is C31H37F3IN9O3. The van der Waals surface area contributed by atoms with Crippen LogP contribution in [0.4, 0.5) is 24.7 Å². The maximum atomic E-state index is 13.6. The normalized spacial score (nSPS) is 19.7. The summed E-state index contributed by atoms with van der Waals surface area (Å²) < 4.78 is 47.3. The highest BCUT2D eigenvalue weighted by molar-refractivity contribution is 14.0. The van der Waals surface area contributed by atoms with Gasteiger partial charge in [0, 0.05) is 45.5 Å². The lowest BCUT2D eigenvalue weighted by atomic mass is 10.0. The van der Waals surface area contributed by atoms with Crippen molar-refractivity contribution in [3.05, 3.63) is 65.5 Å². The number of hydrogen-bond acceptors (Lipinski definition) is 9. The van der Waals surface area contributed by atoms with Crippen LogP contribution in [0.2, 0.25) is 0 Å². The monoisotopic (exact) mass is 767 g/mol. The molecule has 6 heterocycles. The molecule has 0 aromatic carbocycles. The number of rotatable bonds is 8. The van der Waals surface area contributed by atoms with Gasteiger partial charge in [-0.05, 0) is 63.3 Å². The Labute approximate surface area is 286 Å². The molecule has 0 aliphatic carbocycles. The molecule has 2 atom stereocenters. The number of carbonyl (C=O) groups excluding carboxylic acids is 2. The van der Waals surface area contributed by atoms with E-state index in [-0.39, 0.29) is 47.3 Å². The highest BCUT2D eigenvalue weighted by Gasteiger charge is 2.39. The number of halogens is 4. The fraction of sp³-hybridized carbons (Fsp3) is 0.484. The van der Waals surface area contributed by atoms with Crippen LogP contribution >= 0.6 is 24.0 Å². The maximum Gasteiger partial charge on any atom is 0.419 e. The minimum absolute atomic E-state index is 0. The summed E-state index contributed by atoms with van der Waals surface area (Å²) in [4.78, 5) is 40.5. The fourth-order valence-corrected chi connectivity index (χ4v) is 6.33. The minimum atomic E-state index is -4.45. The summed E-state index contributed by atoms with van der Waals surface area (Å²) in [6.07, 6.45) is 0.765. The molecule has 12 nitrogen and oxygen atoms in total. The molecule has 0 bridgehead atoms. The van der Waals surface area contributed by atoms with Gasteiger partial charge in [-0.15, -0.1) is 29.1 Å². The molecule has 4 aromatic rings. The van der Waals surface area contributed by atoms with Gasteiger partial charge in [-0.3, -0.25) is 9.48 Å². The van der Waals surface area contributed by atoms with Gasteiger partial charge < -0.3 is 19.4 Å². The molecule has 2 fully saturated rings. The third-order valence-electron chi connectivity index (χ3n) is 8.96. The lowest BCUT2D eigenvalue weighted by Crippen LogP contribution is -2.37. The maximum absolute atomic E-state index is 13.6. The van der Waals surface area contributed by atoms with Crippen molar-refractivity contribution >= 4 is 53.0 Å². The summed E-state index contributed by atoms with van der Waals surface area (Å²) in [5, 5.41) is 8.58. The molecule has 16 heteroatoms. The number of aromatic nitrogens is 6. The predicted molar refractivity (Wildman–Crippen MR) is 178 cm³/mol. The molecule has 47 heavy (non-hydrogen) atoms. The van der Waals surface area contributed by atoms with Gasteiger partial charge in [-0.25, -0.2) is 19.3 Å². The van der Waals surface area contributed by atoms with E-state index in [0.29, 0.717) is 50.6 Å². The molecule has 0 saturated carbocycles. The Kier molecular flexibility index (Phi) is 9.71. The van der Waals surface area contributed by atoms with E-state index in [9.17, 15) is 22.8 Å². The van der Waals surface area contributed by atoms with E-state index >= 15 is 0 Å². The van der Waals surface area contributed by atoms with Crippen molar-refractivity contribution in [2.24, 2.45) is 5.92 Å². The number of hydrogen-bond donors (Lipinski definition) is 0. The third-order valence-corrected chi connectivity index (χ3v) is 8.96. The molecular weight excluding hydrogens is 730 g/mol. The third kappa shape index (κ3) is 6.87. The zero-order chi connectivity index (χ0) is 32.8. The van der Waals surface area contributed by atoms with Crippen LogP contribution in [0, 0.1) is 12.8 Å². The van der Waals surface area contributed by atoms with E-state index in [1.54, 1.807) is 21.5 Å². The average Bonchev–Trinajstić information content (AvgIpc) is 3.85. The number of carbonyl (C=O) groups is 2. The van der Waals surface area contributed by atoms with Crippen LogP contribution < -0.4 is 9.80 Å². The molecule has 6 rings (SSSR count). The summed E-state index contributed by atoms with van der Waals surface area (Å²) in [7, 11) is 1.32. The summed E-state index contributed by atoms with van der Waals surface area (Å²) in [5.41, 5.74) is 1.10. The summed E-state index contributed by atoms with van der Waals surface area (Å²) in [6.45, 7) is 9.25. The van der Waals surface area contributed by atoms with Gasteiger partial charge in [0.2, 0.25) is 5.82 Å². The molecule has 2 aliphatic heterocycles. The molecule has 252 valence electrons. The molecule has 2 unspecified atom stereocenters. The predicted octanol–water partition coefficient (Wildman–Crippen LogP) is 4.67. The molecule has 4 aromatic heterocycles. The molecule has 0 radical (unpaired) electrons. The van der Waals surface area contributed by atoms with Crippen molar-refractivity contribution in [3.63, 3.8) is 0 Å². The van der Waals surface area contributed by atoms with Crippen LogP contribution in [-0.4, -0.2) is 92.5 Å². The SMILES string of the molecule is CCN(CC1CCN(c2cccc(C(=O)OC)n2)C1)C(=O)c1nc2c(C)cc(N3CCC(C)(n4cc(C(F)(F)F)cn4)C3)cn2n1.I. The highest BCUT2D eigenvalue weighted by Crippen LogP contribution is 2.35. The average molecular weight is 768 g/mol. The van der Waals surface area contributed by atoms with Crippen LogP contribution in [0.15, 0.2) is 42.9 Å². The minimum Gasteiger partial charge on any atom is -0.464 e. The van der Waals surface area contributed by atoms with Crippen molar-refractivity contribution in [1.29, 1.82) is 0 Å². The lowest BCUT2D eigenvalue weighted by molar-refractivity contribution is -0.137. The van der Waals surface area contributed by atoms with Gasteiger partial charge in [-0.1, -0.05) is 6.07 Å². The second kappa shape index (κ2) is 13.3. The van der Waals surface area contributed by atoms with Gasteiger partial charge in [0.05, 0.1) is 36.3 Å². The van der Waals surface area contributed by atoms with E-state index in [0.717, 1.165) is 36.6 Å². The van der Waals surface area contributed by atoms with Gasteiger partial charge in [0.15, 0.2) is 11.3 Å².